The van der Waals surface area contributed by atoms with Crippen molar-refractivity contribution in [3.05, 3.63) is 34.9 Å². The van der Waals surface area contributed by atoms with Crippen LogP contribution in [0.2, 0.25) is 0 Å². The molecule has 1 aliphatic rings. The Hall–Kier alpha value is -0.820. The Balaban J connectivity index is 2.36. The first-order valence-corrected chi connectivity index (χ1v) is 4.65. The summed E-state index contributed by atoms with van der Waals surface area (Å²) in [5, 5.41) is 3.43. The van der Waals surface area contributed by atoms with Crippen molar-refractivity contribution in [1.29, 1.82) is 0 Å². The molecule has 0 aromatic heterocycles. The average Bonchev–Trinajstić information content (AvgIpc) is 2.28. The summed E-state index contributed by atoms with van der Waals surface area (Å²) in [7, 11) is 0. The van der Waals surface area contributed by atoms with Crippen LogP contribution in [0, 0.1) is 6.92 Å². The monoisotopic (exact) mass is 161 g/mol. The molecule has 0 aliphatic carbocycles. The zero-order valence-corrected chi connectivity index (χ0v) is 7.56. The van der Waals surface area contributed by atoms with Crippen molar-refractivity contribution < 1.29 is 0 Å². The van der Waals surface area contributed by atoms with Gasteiger partial charge in [-0.2, -0.15) is 0 Å². The maximum atomic E-state index is 3.43. The van der Waals surface area contributed by atoms with Gasteiger partial charge in [-0.25, -0.2) is 0 Å². The third-order valence-corrected chi connectivity index (χ3v) is 2.48. The molecule has 0 spiro atoms. The van der Waals surface area contributed by atoms with E-state index in [2.05, 4.69) is 30.4 Å². The zero-order chi connectivity index (χ0) is 8.39. The molecule has 0 amide bonds. The molecule has 1 aromatic carbocycles. The molecule has 0 radical (unpaired) electrons. The molecule has 1 aliphatic heterocycles. The van der Waals surface area contributed by atoms with Gasteiger partial charge in [-0.15, -0.1) is 0 Å². The quantitative estimate of drug-likeness (QED) is 0.614. The SMILES string of the molecule is Cc1ccc2c(c1)CNCCC2. The van der Waals surface area contributed by atoms with Crippen LogP contribution in [-0.4, -0.2) is 6.54 Å². The van der Waals surface area contributed by atoms with E-state index < -0.39 is 0 Å². The van der Waals surface area contributed by atoms with Crippen LogP contribution in [0.15, 0.2) is 18.2 Å². The van der Waals surface area contributed by atoms with E-state index in [1.165, 1.54) is 29.5 Å². The van der Waals surface area contributed by atoms with Gasteiger partial charge in [0.15, 0.2) is 0 Å². The average molecular weight is 161 g/mol. The van der Waals surface area contributed by atoms with Gasteiger partial charge in [-0.3, -0.25) is 0 Å². The summed E-state index contributed by atoms with van der Waals surface area (Å²) in [5.41, 5.74) is 4.40. The Labute approximate surface area is 73.8 Å². The summed E-state index contributed by atoms with van der Waals surface area (Å²) in [5.74, 6) is 0. The fourth-order valence-corrected chi connectivity index (χ4v) is 1.79. The smallest absolute Gasteiger partial charge is 0.0208 e. The van der Waals surface area contributed by atoms with E-state index in [-0.39, 0.29) is 0 Å². The second-order valence-electron chi connectivity index (χ2n) is 3.55. The number of rotatable bonds is 0. The number of hydrogen-bond acceptors (Lipinski definition) is 1. The number of hydrogen-bond donors (Lipinski definition) is 1. The lowest BCUT2D eigenvalue weighted by atomic mass is 10.0. The molecule has 12 heavy (non-hydrogen) atoms. The van der Waals surface area contributed by atoms with E-state index in [0.29, 0.717) is 0 Å². The summed E-state index contributed by atoms with van der Waals surface area (Å²) in [4.78, 5) is 0. The Morgan fingerprint density at radius 2 is 2.17 bits per heavy atom. The molecular weight excluding hydrogens is 146 g/mol. The van der Waals surface area contributed by atoms with Crippen LogP contribution in [-0.2, 0) is 13.0 Å². The Morgan fingerprint density at radius 3 is 3.08 bits per heavy atom. The van der Waals surface area contributed by atoms with E-state index in [9.17, 15) is 0 Å². The van der Waals surface area contributed by atoms with Crippen molar-refractivity contribution >= 4 is 0 Å². The fraction of sp³-hybridized carbons (Fsp3) is 0.455. The lowest BCUT2D eigenvalue weighted by molar-refractivity contribution is 0.680. The minimum absolute atomic E-state index is 1.05. The van der Waals surface area contributed by atoms with E-state index in [0.717, 1.165) is 13.1 Å². The molecule has 64 valence electrons. The van der Waals surface area contributed by atoms with Crippen LogP contribution in [0.3, 0.4) is 0 Å². The molecule has 1 aromatic rings. The molecule has 0 bridgehead atoms. The number of fused-ring (bicyclic) bond motifs is 1. The molecule has 2 rings (SSSR count). The minimum atomic E-state index is 1.05. The first kappa shape index (κ1) is 7.81. The standard InChI is InChI=1S/C11H15N/c1-9-4-5-10-3-2-6-12-8-11(10)7-9/h4-5,7,12H,2-3,6,8H2,1H3. The predicted octanol–water partition coefficient (Wildman–Crippen LogP) is 2.03. The molecule has 1 heterocycles. The highest BCUT2D eigenvalue weighted by molar-refractivity contribution is 5.32. The lowest BCUT2D eigenvalue weighted by Crippen LogP contribution is -2.11. The summed E-state index contributed by atoms with van der Waals surface area (Å²) in [6, 6.07) is 6.79. The van der Waals surface area contributed by atoms with Gasteiger partial charge in [0.2, 0.25) is 0 Å². The summed E-state index contributed by atoms with van der Waals surface area (Å²) < 4.78 is 0. The maximum absolute atomic E-state index is 3.43. The van der Waals surface area contributed by atoms with Gasteiger partial charge >= 0.3 is 0 Å². The zero-order valence-electron chi connectivity index (χ0n) is 7.56. The molecule has 0 atom stereocenters. The van der Waals surface area contributed by atoms with Gasteiger partial charge in [-0.1, -0.05) is 23.8 Å². The van der Waals surface area contributed by atoms with Crippen LogP contribution in [0.5, 0.6) is 0 Å². The molecule has 0 saturated carbocycles. The van der Waals surface area contributed by atoms with Crippen molar-refractivity contribution in [3.8, 4) is 0 Å². The number of nitrogens with one attached hydrogen (secondary N) is 1. The minimum Gasteiger partial charge on any atom is -0.313 e. The fourth-order valence-electron chi connectivity index (χ4n) is 1.79. The van der Waals surface area contributed by atoms with Gasteiger partial charge in [0.05, 0.1) is 0 Å². The molecule has 1 N–H and O–H groups in total. The normalized spacial score (nSPS) is 16.8. The topological polar surface area (TPSA) is 12.0 Å². The predicted molar refractivity (Wildman–Crippen MR) is 51.2 cm³/mol. The largest absolute Gasteiger partial charge is 0.313 e. The molecule has 0 saturated heterocycles. The third-order valence-electron chi connectivity index (χ3n) is 2.48. The second kappa shape index (κ2) is 3.28. The highest BCUT2D eigenvalue weighted by atomic mass is 14.8. The van der Waals surface area contributed by atoms with Crippen LogP contribution in [0.1, 0.15) is 23.1 Å². The first-order valence-electron chi connectivity index (χ1n) is 4.65. The van der Waals surface area contributed by atoms with Gasteiger partial charge in [-0.05, 0) is 37.4 Å². The maximum Gasteiger partial charge on any atom is 0.0208 e. The Morgan fingerprint density at radius 1 is 1.25 bits per heavy atom. The van der Waals surface area contributed by atoms with Gasteiger partial charge in [0.25, 0.3) is 0 Å². The molecule has 0 unspecified atom stereocenters. The molecule has 0 fully saturated rings. The van der Waals surface area contributed by atoms with Crippen molar-refractivity contribution in [2.45, 2.75) is 26.3 Å². The summed E-state index contributed by atoms with van der Waals surface area (Å²) in [6.07, 6.45) is 2.51. The molecule has 1 nitrogen and oxygen atoms in total. The van der Waals surface area contributed by atoms with E-state index >= 15 is 0 Å². The van der Waals surface area contributed by atoms with Gasteiger partial charge in [0, 0.05) is 6.54 Å². The van der Waals surface area contributed by atoms with E-state index in [1.807, 2.05) is 0 Å². The molecular formula is C11H15N. The van der Waals surface area contributed by atoms with Crippen molar-refractivity contribution in [2.24, 2.45) is 0 Å². The lowest BCUT2D eigenvalue weighted by Gasteiger charge is -2.05. The Kier molecular flexibility index (Phi) is 2.13. The third kappa shape index (κ3) is 1.51. The van der Waals surface area contributed by atoms with Gasteiger partial charge < -0.3 is 5.32 Å². The van der Waals surface area contributed by atoms with Crippen LogP contribution in [0.25, 0.3) is 0 Å². The van der Waals surface area contributed by atoms with Gasteiger partial charge in [0.1, 0.15) is 0 Å². The van der Waals surface area contributed by atoms with E-state index in [4.69, 9.17) is 0 Å². The summed E-state index contributed by atoms with van der Waals surface area (Å²) >= 11 is 0. The Bertz CT molecular complexity index is 278. The van der Waals surface area contributed by atoms with E-state index in [1.54, 1.807) is 0 Å². The van der Waals surface area contributed by atoms with Crippen molar-refractivity contribution in [2.75, 3.05) is 6.54 Å². The highest BCUT2D eigenvalue weighted by Crippen LogP contribution is 2.15. The molecule has 1 heteroatoms. The first-order chi connectivity index (χ1) is 5.86. The van der Waals surface area contributed by atoms with Crippen molar-refractivity contribution in [3.63, 3.8) is 0 Å². The number of aryl methyl sites for hydroxylation is 2. The summed E-state index contributed by atoms with van der Waals surface area (Å²) in [6.45, 7) is 4.37. The number of benzene rings is 1. The highest BCUT2D eigenvalue weighted by Gasteiger charge is 2.05. The van der Waals surface area contributed by atoms with Crippen molar-refractivity contribution in [1.82, 2.24) is 5.32 Å². The second-order valence-corrected chi connectivity index (χ2v) is 3.55. The van der Waals surface area contributed by atoms with Crippen LogP contribution in [0.4, 0.5) is 0 Å². The van der Waals surface area contributed by atoms with Crippen LogP contribution < -0.4 is 5.32 Å². The van der Waals surface area contributed by atoms with Crippen LogP contribution >= 0.6 is 0 Å².